The van der Waals surface area contributed by atoms with Crippen LogP contribution in [0.1, 0.15) is 21.5 Å². The van der Waals surface area contributed by atoms with Gasteiger partial charge in [-0.1, -0.05) is 23.9 Å². The lowest BCUT2D eigenvalue weighted by molar-refractivity contribution is -0.385. The van der Waals surface area contributed by atoms with Crippen molar-refractivity contribution >= 4 is 29.0 Å². The van der Waals surface area contributed by atoms with Gasteiger partial charge in [0, 0.05) is 27.1 Å². The van der Waals surface area contributed by atoms with E-state index in [1.54, 1.807) is 11.8 Å². The highest BCUT2D eigenvalue weighted by atomic mass is 32.2. The van der Waals surface area contributed by atoms with Gasteiger partial charge < -0.3 is 10.1 Å². The minimum absolute atomic E-state index is 0.111. The Balaban J connectivity index is 1.72. The first kappa shape index (κ1) is 20.4. The number of anilines is 1. The fourth-order valence-electron chi connectivity index (χ4n) is 2.73. The van der Waals surface area contributed by atoms with Crippen LogP contribution in [0.4, 0.5) is 11.4 Å². The number of aryl methyl sites for hydroxylation is 2. The summed E-state index contributed by atoms with van der Waals surface area (Å²) in [6, 6.07) is 17.9. The van der Waals surface area contributed by atoms with Crippen LogP contribution in [-0.4, -0.2) is 17.9 Å². The number of nitro groups is 1. The van der Waals surface area contributed by atoms with Crippen molar-refractivity contribution in [3.05, 3.63) is 87.5 Å². The molecule has 0 radical (unpaired) electrons. The molecular formula is C22H20N2O4S. The largest absolute Gasteiger partial charge is 0.490 e. The second kappa shape index (κ2) is 8.79. The summed E-state index contributed by atoms with van der Waals surface area (Å²) in [4.78, 5) is 25.3. The maximum absolute atomic E-state index is 12.5. The summed E-state index contributed by atoms with van der Waals surface area (Å²) in [5.41, 5.74) is 2.96. The number of carbonyl (C=O) groups is 1. The van der Waals surface area contributed by atoms with Crippen LogP contribution in [0.15, 0.2) is 70.5 Å². The van der Waals surface area contributed by atoms with Gasteiger partial charge in [-0.25, -0.2) is 0 Å². The average molecular weight is 408 g/mol. The SMILES string of the molecule is COc1ccc(C(=O)Nc2ccc(Sc3cc(C)ccc3C)cc2)cc1[N+](=O)[O-]. The quantitative estimate of drug-likeness (QED) is 0.423. The topological polar surface area (TPSA) is 81.5 Å². The Bertz CT molecular complexity index is 1060. The molecule has 0 bridgehead atoms. The lowest BCUT2D eigenvalue weighted by atomic mass is 10.1. The number of nitrogens with zero attached hydrogens (tertiary/aromatic N) is 1. The number of carbonyl (C=O) groups excluding carboxylic acids is 1. The van der Waals surface area contributed by atoms with Gasteiger partial charge in [-0.05, 0) is 67.4 Å². The van der Waals surface area contributed by atoms with Gasteiger partial charge in [-0.15, -0.1) is 0 Å². The molecule has 148 valence electrons. The molecule has 0 aliphatic carbocycles. The molecule has 0 spiro atoms. The van der Waals surface area contributed by atoms with Crippen LogP contribution in [0.2, 0.25) is 0 Å². The Kier molecular flexibility index (Phi) is 6.19. The molecular weight excluding hydrogens is 388 g/mol. The second-order valence-electron chi connectivity index (χ2n) is 6.49. The van der Waals surface area contributed by atoms with Crippen LogP contribution < -0.4 is 10.1 Å². The van der Waals surface area contributed by atoms with E-state index in [9.17, 15) is 14.9 Å². The summed E-state index contributed by atoms with van der Waals surface area (Å²) >= 11 is 1.66. The van der Waals surface area contributed by atoms with Crippen LogP contribution in [0.3, 0.4) is 0 Å². The summed E-state index contributed by atoms with van der Waals surface area (Å²) < 4.78 is 4.96. The minimum atomic E-state index is -0.574. The number of hydrogen-bond acceptors (Lipinski definition) is 5. The van der Waals surface area contributed by atoms with E-state index in [1.807, 2.05) is 24.3 Å². The van der Waals surface area contributed by atoms with Gasteiger partial charge in [-0.3, -0.25) is 14.9 Å². The first-order valence-electron chi connectivity index (χ1n) is 8.86. The van der Waals surface area contributed by atoms with Crippen molar-refractivity contribution in [1.29, 1.82) is 0 Å². The molecule has 6 nitrogen and oxygen atoms in total. The smallest absolute Gasteiger partial charge is 0.311 e. The molecule has 7 heteroatoms. The molecule has 29 heavy (non-hydrogen) atoms. The third-order valence-electron chi connectivity index (χ3n) is 4.32. The zero-order chi connectivity index (χ0) is 21.0. The van der Waals surface area contributed by atoms with Gasteiger partial charge >= 0.3 is 5.69 Å². The molecule has 0 aliphatic heterocycles. The van der Waals surface area contributed by atoms with Crippen molar-refractivity contribution in [2.24, 2.45) is 0 Å². The second-order valence-corrected chi connectivity index (χ2v) is 7.61. The summed E-state index contributed by atoms with van der Waals surface area (Å²) in [7, 11) is 1.35. The Hall–Kier alpha value is -3.32. The third kappa shape index (κ3) is 4.94. The van der Waals surface area contributed by atoms with Crippen molar-refractivity contribution < 1.29 is 14.5 Å². The summed E-state index contributed by atoms with van der Waals surface area (Å²) in [6.07, 6.45) is 0. The maximum Gasteiger partial charge on any atom is 0.311 e. The molecule has 1 amide bonds. The highest BCUT2D eigenvalue weighted by molar-refractivity contribution is 7.99. The first-order valence-corrected chi connectivity index (χ1v) is 9.68. The van der Waals surface area contributed by atoms with Gasteiger partial charge in [0.25, 0.3) is 5.91 Å². The predicted octanol–water partition coefficient (Wildman–Crippen LogP) is 5.62. The van der Waals surface area contributed by atoms with E-state index in [2.05, 4.69) is 37.4 Å². The number of amides is 1. The Morgan fingerprint density at radius 2 is 1.76 bits per heavy atom. The minimum Gasteiger partial charge on any atom is -0.490 e. The molecule has 0 atom stereocenters. The number of nitrogens with one attached hydrogen (secondary N) is 1. The van der Waals surface area contributed by atoms with E-state index in [4.69, 9.17) is 4.74 Å². The Morgan fingerprint density at radius 1 is 1.03 bits per heavy atom. The van der Waals surface area contributed by atoms with E-state index >= 15 is 0 Å². The fraction of sp³-hybridized carbons (Fsp3) is 0.136. The lowest BCUT2D eigenvalue weighted by Gasteiger charge is -2.09. The number of rotatable bonds is 6. The van der Waals surface area contributed by atoms with E-state index in [0.29, 0.717) is 5.69 Å². The number of benzene rings is 3. The molecule has 0 unspecified atom stereocenters. The lowest BCUT2D eigenvalue weighted by Crippen LogP contribution is -2.12. The van der Waals surface area contributed by atoms with E-state index in [0.717, 1.165) is 4.90 Å². The van der Waals surface area contributed by atoms with Crippen LogP contribution in [0.5, 0.6) is 5.75 Å². The molecule has 1 N–H and O–H groups in total. The Morgan fingerprint density at radius 3 is 2.41 bits per heavy atom. The van der Waals surface area contributed by atoms with Crippen molar-refractivity contribution in [2.45, 2.75) is 23.6 Å². The van der Waals surface area contributed by atoms with Gasteiger partial charge in [0.15, 0.2) is 5.75 Å². The van der Waals surface area contributed by atoms with Gasteiger partial charge in [0.1, 0.15) is 0 Å². The monoisotopic (exact) mass is 408 g/mol. The van der Waals surface area contributed by atoms with Crippen LogP contribution in [-0.2, 0) is 0 Å². The van der Waals surface area contributed by atoms with E-state index < -0.39 is 10.8 Å². The third-order valence-corrected chi connectivity index (χ3v) is 5.49. The highest BCUT2D eigenvalue weighted by Crippen LogP contribution is 2.32. The van der Waals surface area contributed by atoms with Gasteiger partial charge in [-0.2, -0.15) is 0 Å². The number of nitro benzene ring substituents is 1. The van der Waals surface area contributed by atoms with Crippen LogP contribution >= 0.6 is 11.8 Å². The molecule has 3 aromatic carbocycles. The molecule has 3 aromatic rings. The number of methoxy groups -OCH3 is 1. The van der Waals surface area contributed by atoms with Crippen molar-refractivity contribution in [3.8, 4) is 5.75 Å². The number of ether oxygens (including phenoxy) is 1. The standard InChI is InChI=1S/C22H20N2O4S/c1-14-4-5-15(2)21(12-14)29-18-9-7-17(8-10-18)23-22(25)16-6-11-20(28-3)19(13-16)24(26)27/h4-13H,1-3H3,(H,23,25). The average Bonchev–Trinajstić information content (AvgIpc) is 2.71. The molecule has 0 aromatic heterocycles. The van der Waals surface area contributed by atoms with E-state index in [1.165, 1.54) is 41.3 Å². The van der Waals surface area contributed by atoms with Crippen molar-refractivity contribution in [3.63, 3.8) is 0 Å². The molecule has 3 rings (SSSR count). The highest BCUT2D eigenvalue weighted by Gasteiger charge is 2.18. The zero-order valence-electron chi connectivity index (χ0n) is 16.3. The fourth-order valence-corrected chi connectivity index (χ4v) is 3.73. The maximum atomic E-state index is 12.5. The Labute approximate surface area is 173 Å². The molecule has 0 fully saturated rings. The molecule has 0 aliphatic rings. The molecule has 0 saturated heterocycles. The summed E-state index contributed by atoms with van der Waals surface area (Å²) in [6.45, 7) is 4.13. The van der Waals surface area contributed by atoms with Crippen molar-refractivity contribution in [1.82, 2.24) is 0 Å². The van der Waals surface area contributed by atoms with E-state index in [-0.39, 0.29) is 17.0 Å². The normalized spacial score (nSPS) is 10.4. The molecule has 0 heterocycles. The first-order chi connectivity index (χ1) is 13.9. The van der Waals surface area contributed by atoms with Crippen molar-refractivity contribution in [2.75, 3.05) is 12.4 Å². The summed E-state index contributed by atoms with van der Waals surface area (Å²) in [5, 5.41) is 13.9. The molecule has 0 saturated carbocycles. The summed E-state index contributed by atoms with van der Waals surface area (Å²) in [5.74, 6) is -0.315. The van der Waals surface area contributed by atoms with Gasteiger partial charge in [0.05, 0.1) is 12.0 Å². The zero-order valence-corrected chi connectivity index (χ0v) is 17.1. The van der Waals surface area contributed by atoms with Crippen LogP contribution in [0.25, 0.3) is 0 Å². The van der Waals surface area contributed by atoms with Gasteiger partial charge in [0.2, 0.25) is 0 Å². The predicted molar refractivity (Wildman–Crippen MR) is 114 cm³/mol. The van der Waals surface area contributed by atoms with Crippen LogP contribution in [0, 0.1) is 24.0 Å². The number of hydrogen-bond donors (Lipinski definition) is 1.